The lowest BCUT2D eigenvalue weighted by molar-refractivity contribution is 0.103. The molecule has 1 heterocycles. The smallest absolute Gasteiger partial charge is 0.271 e. The summed E-state index contributed by atoms with van der Waals surface area (Å²) in [4.78, 5) is 1.91. The van der Waals surface area contributed by atoms with Crippen LogP contribution in [-0.4, -0.2) is 37.7 Å². The fraction of sp³-hybridized carbons (Fsp3) is 0.778. The van der Waals surface area contributed by atoms with Crippen LogP contribution >= 0.6 is 0 Å². The first-order chi connectivity index (χ1) is 6.16. The van der Waals surface area contributed by atoms with Crippen LogP contribution in [-0.2, 0) is 4.74 Å². The third kappa shape index (κ3) is 2.48. The van der Waals surface area contributed by atoms with E-state index in [1.54, 1.807) is 0 Å². The number of hydrogen-bond acceptors (Lipinski definition) is 2. The van der Waals surface area contributed by atoms with Gasteiger partial charge in [-0.05, 0) is 20.4 Å². The summed E-state index contributed by atoms with van der Waals surface area (Å²) in [6.45, 7) is 3.51. The highest BCUT2D eigenvalue weighted by Gasteiger charge is 2.29. The molecule has 1 aliphatic rings. The van der Waals surface area contributed by atoms with E-state index in [1.807, 2.05) is 18.9 Å². The molecular weight excluding hydrogens is 176 g/mol. The van der Waals surface area contributed by atoms with Gasteiger partial charge in [-0.15, -0.1) is 0 Å². The number of hydrogen-bond donors (Lipinski definition) is 0. The molecule has 2 nitrogen and oxygen atoms in total. The number of likely N-dealkylation sites (N-methyl/N-ethyl adjacent to an activating group) is 1. The summed E-state index contributed by atoms with van der Waals surface area (Å²) in [6, 6.07) is -0.218. The number of ether oxygens (including phenoxy) is 1. The van der Waals surface area contributed by atoms with Gasteiger partial charge >= 0.3 is 0 Å². The summed E-state index contributed by atoms with van der Waals surface area (Å²) in [5.74, 6) is 0. The third-order valence-electron chi connectivity index (χ3n) is 2.39. The SMILES string of the molecule is CCOCC1C(=C(F)F)CCN1C. The predicted molar refractivity (Wildman–Crippen MR) is 46.8 cm³/mol. The van der Waals surface area contributed by atoms with Crippen molar-refractivity contribution in [2.24, 2.45) is 0 Å². The lowest BCUT2D eigenvalue weighted by Gasteiger charge is -2.19. The molecule has 1 rings (SSSR count). The molecule has 0 amide bonds. The zero-order valence-corrected chi connectivity index (χ0v) is 8.02. The van der Waals surface area contributed by atoms with Crippen LogP contribution in [0.15, 0.2) is 11.7 Å². The molecule has 0 N–H and O–H groups in total. The van der Waals surface area contributed by atoms with Gasteiger partial charge in [-0.2, -0.15) is 8.78 Å². The standard InChI is InChI=1S/C9H15F2NO/c1-3-13-6-8-7(9(10)11)4-5-12(8)2/h8H,3-6H2,1-2H3. The van der Waals surface area contributed by atoms with Crippen molar-refractivity contribution in [3.63, 3.8) is 0 Å². The van der Waals surface area contributed by atoms with Gasteiger partial charge in [-0.1, -0.05) is 0 Å². The molecule has 1 fully saturated rings. The summed E-state index contributed by atoms with van der Waals surface area (Å²) in [7, 11) is 1.85. The van der Waals surface area contributed by atoms with Crippen molar-refractivity contribution in [1.82, 2.24) is 4.90 Å². The van der Waals surface area contributed by atoms with Crippen molar-refractivity contribution in [3.05, 3.63) is 11.7 Å². The molecule has 1 saturated heterocycles. The Morgan fingerprint density at radius 1 is 1.62 bits per heavy atom. The Morgan fingerprint density at radius 3 is 2.85 bits per heavy atom. The first-order valence-electron chi connectivity index (χ1n) is 4.48. The molecule has 0 bridgehead atoms. The molecule has 1 atom stereocenters. The van der Waals surface area contributed by atoms with Gasteiger partial charge in [-0.25, -0.2) is 0 Å². The van der Waals surface area contributed by atoms with Gasteiger partial charge in [0.05, 0.1) is 12.6 Å². The Bertz CT molecular complexity index is 202. The van der Waals surface area contributed by atoms with Crippen LogP contribution in [0.2, 0.25) is 0 Å². The first kappa shape index (κ1) is 10.6. The molecule has 0 aromatic rings. The van der Waals surface area contributed by atoms with E-state index in [1.165, 1.54) is 0 Å². The Kier molecular flexibility index (Phi) is 3.81. The lowest BCUT2D eigenvalue weighted by atomic mass is 10.1. The van der Waals surface area contributed by atoms with Crippen LogP contribution in [0.3, 0.4) is 0 Å². The van der Waals surface area contributed by atoms with Gasteiger partial charge in [-0.3, -0.25) is 4.90 Å². The van der Waals surface area contributed by atoms with Gasteiger partial charge in [0, 0.05) is 18.7 Å². The molecule has 0 spiro atoms. The fourth-order valence-corrected chi connectivity index (χ4v) is 1.56. The second-order valence-corrected chi connectivity index (χ2v) is 3.19. The lowest BCUT2D eigenvalue weighted by Crippen LogP contribution is -2.30. The number of nitrogens with zero attached hydrogens (tertiary/aromatic N) is 1. The topological polar surface area (TPSA) is 12.5 Å². The molecule has 0 radical (unpaired) electrons. The maximum Gasteiger partial charge on any atom is 0.271 e. The predicted octanol–water partition coefficient (Wildman–Crippen LogP) is 1.88. The average molecular weight is 191 g/mol. The molecule has 76 valence electrons. The van der Waals surface area contributed by atoms with Crippen LogP contribution in [0.25, 0.3) is 0 Å². The van der Waals surface area contributed by atoms with E-state index in [0.717, 1.165) is 0 Å². The van der Waals surface area contributed by atoms with Crippen molar-refractivity contribution >= 4 is 0 Å². The Hall–Kier alpha value is -0.480. The largest absolute Gasteiger partial charge is 0.380 e. The summed E-state index contributed by atoms with van der Waals surface area (Å²) in [5, 5.41) is 0. The Labute approximate surface area is 77.2 Å². The minimum Gasteiger partial charge on any atom is -0.380 e. The monoisotopic (exact) mass is 191 g/mol. The zero-order valence-electron chi connectivity index (χ0n) is 8.02. The number of rotatable bonds is 3. The van der Waals surface area contributed by atoms with Crippen LogP contribution in [0.1, 0.15) is 13.3 Å². The number of likely N-dealkylation sites (tertiary alicyclic amines) is 1. The summed E-state index contributed by atoms with van der Waals surface area (Å²) < 4.78 is 29.9. The van der Waals surface area contributed by atoms with Crippen LogP contribution < -0.4 is 0 Å². The second kappa shape index (κ2) is 4.67. The maximum atomic E-state index is 12.4. The summed E-state index contributed by atoms with van der Waals surface area (Å²) in [5.41, 5.74) is 0.246. The van der Waals surface area contributed by atoms with Crippen molar-refractivity contribution < 1.29 is 13.5 Å². The second-order valence-electron chi connectivity index (χ2n) is 3.19. The van der Waals surface area contributed by atoms with Crippen molar-refractivity contribution in [2.45, 2.75) is 19.4 Å². The molecule has 0 aliphatic carbocycles. The minimum absolute atomic E-state index is 0.218. The highest BCUT2D eigenvalue weighted by atomic mass is 19.3. The van der Waals surface area contributed by atoms with Gasteiger partial charge in [0.15, 0.2) is 0 Å². The quantitative estimate of drug-likeness (QED) is 0.675. The van der Waals surface area contributed by atoms with E-state index in [0.29, 0.717) is 26.2 Å². The van der Waals surface area contributed by atoms with E-state index >= 15 is 0 Å². The summed E-state index contributed by atoms with van der Waals surface area (Å²) in [6.07, 6.45) is -1.06. The van der Waals surface area contributed by atoms with Gasteiger partial charge in [0.2, 0.25) is 0 Å². The van der Waals surface area contributed by atoms with E-state index < -0.39 is 6.08 Å². The molecular formula is C9H15F2NO. The van der Waals surface area contributed by atoms with E-state index in [9.17, 15) is 8.78 Å². The average Bonchev–Trinajstić information content (AvgIpc) is 2.43. The van der Waals surface area contributed by atoms with Crippen molar-refractivity contribution in [1.29, 1.82) is 0 Å². The van der Waals surface area contributed by atoms with E-state index in [-0.39, 0.29) is 11.6 Å². The molecule has 0 aromatic carbocycles. The fourth-order valence-electron chi connectivity index (χ4n) is 1.56. The molecule has 13 heavy (non-hydrogen) atoms. The van der Waals surface area contributed by atoms with Crippen molar-refractivity contribution in [2.75, 3.05) is 26.8 Å². The van der Waals surface area contributed by atoms with E-state index in [2.05, 4.69) is 0 Å². The summed E-state index contributed by atoms with van der Waals surface area (Å²) >= 11 is 0. The number of halogens is 2. The molecule has 1 unspecified atom stereocenters. The normalized spacial score (nSPS) is 24.0. The van der Waals surface area contributed by atoms with E-state index in [4.69, 9.17) is 4.74 Å². The zero-order chi connectivity index (χ0) is 9.84. The maximum absolute atomic E-state index is 12.4. The Morgan fingerprint density at radius 2 is 2.31 bits per heavy atom. The molecule has 0 aromatic heterocycles. The van der Waals surface area contributed by atoms with Crippen LogP contribution in [0.5, 0.6) is 0 Å². The van der Waals surface area contributed by atoms with Gasteiger partial charge < -0.3 is 4.74 Å². The Balaban J connectivity index is 2.61. The van der Waals surface area contributed by atoms with Crippen molar-refractivity contribution in [3.8, 4) is 0 Å². The van der Waals surface area contributed by atoms with Crippen LogP contribution in [0.4, 0.5) is 8.78 Å². The van der Waals surface area contributed by atoms with Crippen LogP contribution in [0, 0.1) is 0 Å². The van der Waals surface area contributed by atoms with Gasteiger partial charge in [0.25, 0.3) is 6.08 Å². The highest BCUT2D eigenvalue weighted by Crippen LogP contribution is 2.26. The van der Waals surface area contributed by atoms with Gasteiger partial charge in [0.1, 0.15) is 0 Å². The molecule has 0 saturated carbocycles. The third-order valence-corrected chi connectivity index (χ3v) is 2.39. The minimum atomic E-state index is -1.53. The molecule has 4 heteroatoms. The highest BCUT2D eigenvalue weighted by molar-refractivity contribution is 5.16. The molecule has 1 aliphatic heterocycles. The first-order valence-corrected chi connectivity index (χ1v) is 4.48.